The van der Waals surface area contributed by atoms with Crippen LogP contribution >= 0.6 is 0 Å². The molecular weight excluding hydrogens is 238 g/mol. The number of hydrogen-bond donors (Lipinski definition) is 1. The Morgan fingerprint density at radius 2 is 1.68 bits per heavy atom. The molecule has 112 valence electrons. The molecule has 0 radical (unpaired) electrons. The Balaban J connectivity index is 2.35. The van der Waals surface area contributed by atoms with Gasteiger partial charge in [-0.3, -0.25) is 9.69 Å². The van der Waals surface area contributed by atoms with E-state index in [1.807, 2.05) is 4.90 Å². The highest BCUT2D eigenvalue weighted by molar-refractivity contribution is 5.76. The van der Waals surface area contributed by atoms with E-state index in [1.165, 1.54) is 0 Å². The van der Waals surface area contributed by atoms with Gasteiger partial charge in [0.15, 0.2) is 0 Å². The lowest BCUT2D eigenvalue weighted by atomic mass is 9.87. The summed E-state index contributed by atoms with van der Waals surface area (Å²) >= 11 is 0. The van der Waals surface area contributed by atoms with Crippen LogP contribution in [0.5, 0.6) is 0 Å². The van der Waals surface area contributed by atoms with E-state index >= 15 is 0 Å². The second kappa shape index (κ2) is 6.71. The SMILES string of the molecule is CC(C)N1CCN(C(=O)CC(N)CC(C)(C)C)CC1. The normalized spacial score (nSPS) is 19.8. The van der Waals surface area contributed by atoms with E-state index in [2.05, 4.69) is 39.5 Å². The first kappa shape index (κ1) is 16.4. The van der Waals surface area contributed by atoms with Crippen LogP contribution < -0.4 is 5.73 Å². The van der Waals surface area contributed by atoms with Crippen LogP contribution in [0, 0.1) is 5.41 Å². The molecule has 19 heavy (non-hydrogen) atoms. The van der Waals surface area contributed by atoms with Crippen molar-refractivity contribution in [3.63, 3.8) is 0 Å². The fourth-order valence-electron chi connectivity index (χ4n) is 2.70. The summed E-state index contributed by atoms with van der Waals surface area (Å²) in [6.07, 6.45) is 1.38. The van der Waals surface area contributed by atoms with Crippen molar-refractivity contribution in [2.75, 3.05) is 26.2 Å². The maximum absolute atomic E-state index is 12.2. The molecular formula is C15H31N3O. The molecule has 1 rings (SSSR count). The quantitative estimate of drug-likeness (QED) is 0.845. The molecule has 1 unspecified atom stereocenters. The Labute approximate surface area is 118 Å². The van der Waals surface area contributed by atoms with Crippen LogP contribution in [0.25, 0.3) is 0 Å². The molecule has 1 aliphatic heterocycles. The molecule has 4 nitrogen and oxygen atoms in total. The van der Waals surface area contributed by atoms with Crippen molar-refractivity contribution in [2.45, 2.75) is 59.5 Å². The van der Waals surface area contributed by atoms with Gasteiger partial charge in [-0.15, -0.1) is 0 Å². The maximum atomic E-state index is 12.2. The molecule has 1 fully saturated rings. The highest BCUT2D eigenvalue weighted by atomic mass is 16.2. The van der Waals surface area contributed by atoms with Gasteiger partial charge < -0.3 is 10.6 Å². The number of nitrogens with zero attached hydrogens (tertiary/aromatic N) is 2. The van der Waals surface area contributed by atoms with Gasteiger partial charge in [-0.05, 0) is 25.7 Å². The minimum atomic E-state index is -0.0179. The second-order valence-corrected chi connectivity index (χ2v) is 7.24. The minimum Gasteiger partial charge on any atom is -0.340 e. The molecule has 0 aromatic heterocycles. The summed E-state index contributed by atoms with van der Waals surface area (Å²) in [6.45, 7) is 14.6. The van der Waals surface area contributed by atoms with Crippen molar-refractivity contribution in [3.05, 3.63) is 0 Å². The van der Waals surface area contributed by atoms with Crippen molar-refractivity contribution in [2.24, 2.45) is 11.1 Å². The highest BCUT2D eigenvalue weighted by Gasteiger charge is 2.25. The van der Waals surface area contributed by atoms with Gasteiger partial charge in [0.2, 0.25) is 5.91 Å². The summed E-state index contributed by atoms with van der Waals surface area (Å²) in [5.74, 6) is 0.222. The van der Waals surface area contributed by atoms with Crippen LogP contribution in [0.2, 0.25) is 0 Å². The zero-order chi connectivity index (χ0) is 14.6. The average Bonchev–Trinajstić information content (AvgIpc) is 2.26. The first-order chi connectivity index (χ1) is 8.69. The van der Waals surface area contributed by atoms with E-state index in [0.717, 1.165) is 32.6 Å². The number of piperazine rings is 1. The summed E-state index contributed by atoms with van der Waals surface area (Å²) in [4.78, 5) is 16.6. The average molecular weight is 269 g/mol. The lowest BCUT2D eigenvalue weighted by molar-refractivity contribution is -0.133. The predicted octanol–water partition coefficient (Wildman–Crippen LogP) is 1.69. The van der Waals surface area contributed by atoms with Crippen molar-refractivity contribution in [3.8, 4) is 0 Å². The zero-order valence-electron chi connectivity index (χ0n) is 13.3. The smallest absolute Gasteiger partial charge is 0.224 e. The molecule has 1 aliphatic rings. The Kier molecular flexibility index (Phi) is 5.81. The zero-order valence-corrected chi connectivity index (χ0v) is 13.3. The van der Waals surface area contributed by atoms with Crippen LogP contribution in [0.15, 0.2) is 0 Å². The predicted molar refractivity (Wildman–Crippen MR) is 80.0 cm³/mol. The van der Waals surface area contributed by atoms with E-state index in [9.17, 15) is 4.79 Å². The van der Waals surface area contributed by atoms with Crippen LogP contribution in [0.3, 0.4) is 0 Å². The second-order valence-electron chi connectivity index (χ2n) is 7.24. The molecule has 4 heteroatoms. The monoisotopic (exact) mass is 269 g/mol. The van der Waals surface area contributed by atoms with Gasteiger partial charge in [0, 0.05) is 44.7 Å². The molecule has 1 atom stereocenters. The van der Waals surface area contributed by atoms with E-state index in [4.69, 9.17) is 5.73 Å². The number of hydrogen-bond acceptors (Lipinski definition) is 3. The van der Waals surface area contributed by atoms with Gasteiger partial charge in [-0.25, -0.2) is 0 Å². The van der Waals surface area contributed by atoms with Crippen molar-refractivity contribution in [1.82, 2.24) is 9.80 Å². The number of rotatable bonds is 4. The van der Waals surface area contributed by atoms with E-state index in [0.29, 0.717) is 12.5 Å². The van der Waals surface area contributed by atoms with Crippen molar-refractivity contribution in [1.29, 1.82) is 0 Å². The molecule has 0 aromatic carbocycles. The van der Waals surface area contributed by atoms with Crippen molar-refractivity contribution < 1.29 is 4.79 Å². The lowest BCUT2D eigenvalue weighted by Crippen LogP contribution is -2.51. The molecule has 2 N–H and O–H groups in total. The first-order valence-electron chi connectivity index (χ1n) is 7.46. The third-order valence-electron chi connectivity index (χ3n) is 3.71. The number of carbonyl (C=O) groups is 1. The maximum Gasteiger partial charge on any atom is 0.224 e. The van der Waals surface area contributed by atoms with E-state index in [-0.39, 0.29) is 17.4 Å². The molecule has 0 bridgehead atoms. The molecule has 1 saturated heterocycles. The third kappa shape index (κ3) is 5.91. The van der Waals surface area contributed by atoms with Crippen molar-refractivity contribution >= 4 is 5.91 Å². The Morgan fingerprint density at radius 3 is 2.11 bits per heavy atom. The standard InChI is InChI=1S/C15H31N3O/c1-12(2)17-6-8-18(9-7-17)14(19)10-13(16)11-15(3,4)5/h12-13H,6-11,16H2,1-5H3. The van der Waals surface area contributed by atoms with E-state index < -0.39 is 0 Å². The summed E-state index contributed by atoms with van der Waals surface area (Å²) in [5, 5.41) is 0. The fraction of sp³-hybridized carbons (Fsp3) is 0.933. The molecule has 1 amide bonds. The summed E-state index contributed by atoms with van der Waals surface area (Å²) < 4.78 is 0. The van der Waals surface area contributed by atoms with Gasteiger partial charge in [0.1, 0.15) is 0 Å². The lowest BCUT2D eigenvalue weighted by Gasteiger charge is -2.37. The topological polar surface area (TPSA) is 49.6 Å². The molecule has 0 aliphatic carbocycles. The Hall–Kier alpha value is -0.610. The number of carbonyl (C=O) groups excluding carboxylic acids is 1. The Bertz CT molecular complexity index is 288. The van der Waals surface area contributed by atoms with Gasteiger partial charge in [-0.1, -0.05) is 20.8 Å². The molecule has 1 heterocycles. The summed E-state index contributed by atoms with van der Waals surface area (Å²) in [5.41, 5.74) is 6.28. The van der Waals surface area contributed by atoms with Gasteiger partial charge in [0.05, 0.1) is 0 Å². The molecule has 0 saturated carbocycles. The summed E-state index contributed by atoms with van der Waals surface area (Å²) in [7, 11) is 0. The Morgan fingerprint density at radius 1 is 1.16 bits per heavy atom. The van der Waals surface area contributed by atoms with E-state index in [1.54, 1.807) is 0 Å². The molecule has 0 aromatic rings. The fourth-order valence-corrected chi connectivity index (χ4v) is 2.70. The first-order valence-corrected chi connectivity index (χ1v) is 7.46. The third-order valence-corrected chi connectivity index (χ3v) is 3.71. The van der Waals surface area contributed by atoms with Crippen LogP contribution in [0.1, 0.15) is 47.5 Å². The van der Waals surface area contributed by atoms with Crippen LogP contribution in [0.4, 0.5) is 0 Å². The number of amides is 1. The van der Waals surface area contributed by atoms with Gasteiger partial charge in [0.25, 0.3) is 0 Å². The van der Waals surface area contributed by atoms with Gasteiger partial charge >= 0.3 is 0 Å². The van der Waals surface area contributed by atoms with Gasteiger partial charge in [-0.2, -0.15) is 0 Å². The van der Waals surface area contributed by atoms with Crippen LogP contribution in [-0.4, -0.2) is 54.0 Å². The number of nitrogens with two attached hydrogens (primary N) is 1. The minimum absolute atomic E-state index is 0.0179. The largest absolute Gasteiger partial charge is 0.340 e. The van der Waals surface area contributed by atoms with Crippen LogP contribution in [-0.2, 0) is 4.79 Å². The molecule has 0 spiro atoms. The summed E-state index contributed by atoms with van der Waals surface area (Å²) in [6, 6.07) is 0.552. The highest BCUT2D eigenvalue weighted by Crippen LogP contribution is 2.21.